The van der Waals surface area contributed by atoms with Crippen molar-refractivity contribution in [1.29, 1.82) is 0 Å². The summed E-state index contributed by atoms with van der Waals surface area (Å²) in [5, 5.41) is 25.2. The molecular formula is C25H34N8O. The first-order valence-electron chi connectivity index (χ1n) is 12.1. The summed E-state index contributed by atoms with van der Waals surface area (Å²) in [6.45, 7) is 11.3. The second kappa shape index (κ2) is 9.23. The number of hydrogen-bond donors (Lipinski definition) is 4. The van der Waals surface area contributed by atoms with E-state index in [0.717, 1.165) is 52.8 Å². The number of nitrogens with one attached hydrogen (secondary N) is 3. The molecule has 4 N–H and O–H groups in total. The number of β-amino-alcohol motifs (C(OH)–C–C–N with tert-alkyl or cyclic N) is 1. The van der Waals surface area contributed by atoms with Gasteiger partial charge in [-0.2, -0.15) is 9.61 Å². The Hall–Kier alpha value is -3.17. The highest BCUT2D eigenvalue weighted by atomic mass is 16.3. The number of hydrogen-bond acceptors (Lipinski definition) is 7. The Balaban J connectivity index is 1.44. The maximum atomic E-state index is 10.3. The van der Waals surface area contributed by atoms with Crippen LogP contribution in [0.4, 0.5) is 11.6 Å². The van der Waals surface area contributed by atoms with Crippen molar-refractivity contribution in [3.05, 3.63) is 53.1 Å². The molecular weight excluding hydrogens is 428 g/mol. The molecule has 5 rings (SSSR count). The van der Waals surface area contributed by atoms with E-state index in [1.807, 2.05) is 23.7 Å². The number of pyridine rings is 1. The number of aryl methyl sites for hydroxylation is 2. The van der Waals surface area contributed by atoms with Crippen LogP contribution in [0.2, 0.25) is 0 Å². The van der Waals surface area contributed by atoms with Crippen molar-refractivity contribution < 1.29 is 5.11 Å². The van der Waals surface area contributed by atoms with Crippen molar-refractivity contribution in [3.63, 3.8) is 0 Å². The summed E-state index contributed by atoms with van der Waals surface area (Å²) in [7, 11) is 0. The van der Waals surface area contributed by atoms with Crippen LogP contribution in [0, 0.1) is 19.8 Å². The number of piperidine rings is 1. The molecule has 0 saturated carbocycles. The van der Waals surface area contributed by atoms with Gasteiger partial charge in [0.1, 0.15) is 17.3 Å². The molecule has 0 radical (unpaired) electrons. The Labute approximate surface area is 199 Å². The van der Waals surface area contributed by atoms with E-state index in [4.69, 9.17) is 9.97 Å². The van der Waals surface area contributed by atoms with Crippen molar-refractivity contribution >= 4 is 22.9 Å². The van der Waals surface area contributed by atoms with E-state index in [-0.39, 0.29) is 12.0 Å². The van der Waals surface area contributed by atoms with Crippen LogP contribution >= 0.6 is 0 Å². The summed E-state index contributed by atoms with van der Waals surface area (Å²) in [6.07, 6.45) is 4.58. The lowest BCUT2D eigenvalue weighted by Gasteiger charge is -2.28. The van der Waals surface area contributed by atoms with Crippen LogP contribution in [-0.2, 0) is 6.54 Å². The predicted octanol–water partition coefficient (Wildman–Crippen LogP) is 3.11. The number of anilines is 2. The highest BCUT2D eigenvalue weighted by molar-refractivity contribution is 5.61. The number of aromatic nitrogens is 5. The summed E-state index contributed by atoms with van der Waals surface area (Å²) in [6, 6.07) is 6.20. The van der Waals surface area contributed by atoms with Gasteiger partial charge in [-0.25, -0.2) is 9.97 Å². The molecule has 2 atom stereocenters. The normalized spacial score (nSPS) is 18.8. The summed E-state index contributed by atoms with van der Waals surface area (Å²) >= 11 is 0. The number of rotatable bonds is 7. The smallest absolute Gasteiger partial charge is 0.163 e. The van der Waals surface area contributed by atoms with E-state index in [1.165, 1.54) is 5.56 Å². The van der Waals surface area contributed by atoms with Crippen molar-refractivity contribution in [3.8, 4) is 0 Å². The highest BCUT2D eigenvalue weighted by Gasteiger charge is 2.23. The standard InChI is InChI=1S/C25H34N8O/c1-15(2)19-12-29-33-23(28-13-20-17(4)30-24-9-16(3)6-8-32(20)24)10-22(31-25(19)33)27-11-18-5-7-26-14-21(18)34/h6,8-10,12,15,18,21,26,28,34H,5,7,11,13-14H2,1-4H3,(H,27,31). The molecule has 34 heavy (non-hydrogen) atoms. The molecule has 1 aliphatic heterocycles. The van der Waals surface area contributed by atoms with E-state index >= 15 is 0 Å². The zero-order valence-corrected chi connectivity index (χ0v) is 20.3. The summed E-state index contributed by atoms with van der Waals surface area (Å²) in [5.41, 5.74) is 6.22. The molecule has 4 aromatic heterocycles. The lowest BCUT2D eigenvalue weighted by Crippen LogP contribution is -2.43. The third kappa shape index (κ3) is 4.33. The molecule has 5 heterocycles. The second-order valence-corrected chi connectivity index (χ2v) is 9.65. The average molecular weight is 463 g/mol. The van der Waals surface area contributed by atoms with E-state index < -0.39 is 0 Å². The molecule has 1 fully saturated rings. The van der Waals surface area contributed by atoms with Crippen LogP contribution in [0.15, 0.2) is 30.6 Å². The molecule has 1 aliphatic rings. The SMILES string of the molecule is Cc1ccn2c(CNc3cc(NCC4CCNCC4O)nc4c(C(C)C)cnn34)c(C)nc2c1. The second-order valence-electron chi connectivity index (χ2n) is 9.65. The molecule has 0 spiro atoms. The fraction of sp³-hybridized carbons (Fsp3) is 0.480. The Morgan fingerprint density at radius 1 is 1.21 bits per heavy atom. The third-order valence-electron chi connectivity index (χ3n) is 6.77. The molecule has 2 unspecified atom stereocenters. The number of aliphatic hydroxyl groups excluding tert-OH is 1. The van der Waals surface area contributed by atoms with Gasteiger partial charge in [-0.1, -0.05) is 13.8 Å². The summed E-state index contributed by atoms with van der Waals surface area (Å²) in [4.78, 5) is 9.61. The lowest BCUT2D eigenvalue weighted by molar-refractivity contribution is 0.0883. The van der Waals surface area contributed by atoms with Crippen molar-refractivity contribution in [1.82, 2.24) is 29.3 Å². The van der Waals surface area contributed by atoms with Crippen molar-refractivity contribution in [2.45, 2.75) is 52.7 Å². The van der Waals surface area contributed by atoms with Gasteiger partial charge in [0.15, 0.2) is 5.65 Å². The zero-order valence-electron chi connectivity index (χ0n) is 20.3. The maximum Gasteiger partial charge on any atom is 0.163 e. The molecule has 0 bridgehead atoms. The van der Waals surface area contributed by atoms with Gasteiger partial charge in [0.2, 0.25) is 0 Å². The van der Waals surface area contributed by atoms with Crippen molar-refractivity contribution in [2.24, 2.45) is 5.92 Å². The molecule has 9 nitrogen and oxygen atoms in total. The Morgan fingerprint density at radius 3 is 2.85 bits per heavy atom. The number of imidazole rings is 1. The first kappa shape index (κ1) is 22.6. The maximum absolute atomic E-state index is 10.3. The van der Waals surface area contributed by atoms with E-state index in [1.54, 1.807) is 0 Å². The van der Waals surface area contributed by atoms with Crippen molar-refractivity contribution in [2.75, 3.05) is 30.3 Å². The highest BCUT2D eigenvalue weighted by Crippen LogP contribution is 2.25. The van der Waals surface area contributed by atoms with Gasteiger partial charge in [0.25, 0.3) is 0 Å². The van der Waals surface area contributed by atoms with Crippen LogP contribution in [0.3, 0.4) is 0 Å². The Morgan fingerprint density at radius 2 is 2.06 bits per heavy atom. The minimum absolute atomic E-state index is 0.203. The molecule has 0 aliphatic carbocycles. The van der Waals surface area contributed by atoms with Gasteiger partial charge in [-0.3, -0.25) is 0 Å². The Bertz CT molecular complexity index is 1310. The zero-order chi connectivity index (χ0) is 23.8. The molecule has 0 amide bonds. The van der Waals surface area contributed by atoms with Gasteiger partial charge in [0.05, 0.1) is 30.2 Å². The average Bonchev–Trinajstić information content (AvgIpc) is 3.37. The quantitative estimate of drug-likeness (QED) is 0.335. The molecule has 1 saturated heterocycles. The lowest BCUT2D eigenvalue weighted by atomic mass is 9.95. The first-order valence-corrected chi connectivity index (χ1v) is 12.1. The first-order chi connectivity index (χ1) is 16.4. The minimum atomic E-state index is -0.342. The summed E-state index contributed by atoms with van der Waals surface area (Å²) < 4.78 is 4.01. The van der Waals surface area contributed by atoms with E-state index in [0.29, 0.717) is 25.6 Å². The topological polar surface area (TPSA) is 104 Å². The van der Waals surface area contributed by atoms with Gasteiger partial charge in [0, 0.05) is 36.8 Å². The van der Waals surface area contributed by atoms with Gasteiger partial charge >= 0.3 is 0 Å². The van der Waals surface area contributed by atoms with Gasteiger partial charge in [-0.15, -0.1) is 0 Å². The van der Waals surface area contributed by atoms with Crippen LogP contribution in [0.1, 0.15) is 48.7 Å². The number of nitrogens with zero attached hydrogens (tertiary/aromatic N) is 5. The largest absolute Gasteiger partial charge is 0.391 e. The van der Waals surface area contributed by atoms with Gasteiger partial charge < -0.3 is 25.5 Å². The van der Waals surface area contributed by atoms with Crippen LogP contribution in [-0.4, -0.2) is 54.8 Å². The molecule has 9 heteroatoms. The van der Waals surface area contributed by atoms with Crippen LogP contribution in [0.5, 0.6) is 0 Å². The minimum Gasteiger partial charge on any atom is -0.391 e. The van der Waals surface area contributed by atoms with Gasteiger partial charge in [-0.05, 0) is 50.4 Å². The fourth-order valence-electron chi connectivity index (χ4n) is 4.68. The number of aliphatic hydroxyl groups is 1. The van der Waals surface area contributed by atoms with Crippen LogP contribution in [0.25, 0.3) is 11.3 Å². The number of fused-ring (bicyclic) bond motifs is 2. The summed E-state index contributed by atoms with van der Waals surface area (Å²) in [5.74, 6) is 2.17. The molecule has 180 valence electrons. The molecule has 4 aromatic rings. The van der Waals surface area contributed by atoms with Crippen LogP contribution < -0.4 is 16.0 Å². The monoisotopic (exact) mass is 462 g/mol. The van der Waals surface area contributed by atoms with E-state index in [2.05, 4.69) is 64.6 Å². The fourth-order valence-corrected chi connectivity index (χ4v) is 4.68. The predicted molar refractivity (Wildman–Crippen MR) is 135 cm³/mol. The molecule has 0 aromatic carbocycles. The third-order valence-corrected chi connectivity index (χ3v) is 6.77. The van der Waals surface area contributed by atoms with E-state index in [9.17, 15) is 5.11 Å². The Kier molecular flexibility index (Phi) is 6.14.